The van der Waals surface area contributed by atoms with Gasteiger partial charge in [-0.1, -0.05) is 36.7 Å². The van der Waals surface area contributed by atoms with Crippen molar-refractivity contribution in [2.24, 2.45) is 5.16 Å². The fourth-order valence-corrected chi connectivity index (χ4v) is 2.12. The van der Waals surface area contributed by atoms with Crippen LogP contribution in [-0.2, 0) is 4.84 Å². The van der Waals surface area contributed by atoms with Crippen molar-refractivity contribution in [3.8, 4) is 0 Å². The SMILES string of the molecule is CC.Cc1ccc(Nc2c(/C=N/OCCO)cc(F)c(F)c2F)c(C)c1. The highest BCUT2D eigenvalue weighted by Gasteiger charge is 2.18. The average molecular weight is 368 g/mol. The number of hydrogen-bond acceptors (Lipinski definition) is 4. The molecule has 0 heterocycles. The lowest BCUT2D eigenvalue weighted by atomic mass is 10.1. The first-order valence-electron chi connectivity index (χ1n) is 8.22. The zero-order valence-corrected chi connectivity index (χ0v) is 15.2. The van der Waals surface area contributed by atoms with Crippen LogP contribution in [0.1, 0.15) is 30.5 Å². The number of aliphatic hydroxyl groups is 1. The number of benzene rings is 2. The number of nitrogens with zero attached hydrogens (tertiary/aromatic N) is 1. The maximum atomic E-state index is 14.2. The molecule has 26 heavy (non-hydrogen) atoms. The number of anilines is 2. The van der Waals surface area contributed by atoms with Crippen LogP contribution in [0.5, 0.6) is 0 Å². The summed E-state index contributed by atoms with van der Waals surface area (Å²) < 4.78 is 41.2. The third kappa shape index (κ3) is 5.49. The van der Waals surface area contributed by atoms with Gasteiger partial charge in [0.25, 0.3) is 0 Å². The van der Waals surface area contributed by atoms with Crippen LogP contribution >= 0.6 is 0 Å². The molecule has 0 fully saturated rings. The summed E-state index contributed by atoms with van der Waals surface area (Å²) in [5.41, 5.74) is 2.11. The van der Waals surface area contributed by atoms with E-state index in [0.717, 1.165) is 23.4 Å². The maximum absolute atomic E-state index is 14.2. The molecule has 142 valence electrons. The molecule has 4 nitrogen and oxygen atoms in total. The molecule has 2 rings (SSSR count). The first kappa shape index (κ1) is 21.5. The van der Waals surface area contributed by atoms with Gasteiger partial charge in [-0.05, 0) is 31.5 Å². The lowest BCUT2D eigenvalue weighted by Gasteiger charge is -2.14. The number of halogens is 3. The van der Waals surface area contributed by atoms with E-state index < -0.39 is 17.5 Å². The summed E-state index contributed by atoms with van der Waals surface area (Å²) in [5.74, 6) is -4.25. The Labute approximate surface area is 151 Å². The Morgan fingerprint density at radius 3 is 2.42 bits per heavy atom. The Morgan fingerprint density at radius 2 is 1.81 bits per heavy atom. The molecule has 0 saturated heterocycles. The predicted molar refractivity (Wildman–Crippen MR) is 97.5 cm³/mol. The Hall–Kier alpha value is -2.54. The van der Waals surface area contributed by atoms with Gasteiger partial charge in [-0.3, -0.25) is 0 Å². The van der Waals surface area contributed by atoms with Crippen molar-refractivity contribution in [2.75, 3.05) is 18.5 Å². The van der Waals surface area contributed by atoms with Crippen molar-refractivity contribution >= 4 is 17.6 Å². The molecule has 0 aromatic heterocycles. The van der Waals surface area contributed by atoms with Crippen LogP contribution in [0.25, 0.3) is 0 Å². The Kier molecular flexibility index (Phi) is 8.64. The molecular weight excluding hydrogens is 345 g/mol. The zero-order chi connectivity index (χ0) is 19.7. The number of nitrogens with one attached hydrogen (secondary N) is 1. The minimum absolute atomic E-state index is 0.0238. The zero-order valence-electron chi connectivity index (χ0n) is 15.2. The largest absolute Gasteiger partial charge is 0.393 e. The Bertz CT molecular complexity index is 765. The summed E-state index contributed by atoms with van der Waals surface area (Å²) in [5, 5.41) is 14.9. The van der Waals surface area contributed by atoms with Gasteiger partial charge in [0.05, 0.1) is 18.5 Å². The fourth-order valence-electron chi connectivity index (χ4n) is 2.12. The number of aryl methyl sites for hydroxylation is 2. The van der Waals surface area contributed by atoms with E-state index >= 15 is 0 Å². The second kappa shape index (κ2) is 10.5. The summed E-state index contributed by atoms with van der Waals surface area (Å²) in [6.07, 6.45) is 1.05. The summed E-state index contributed by atoms with van der Waals surface area (Å²) in [6.45, 7) is 7.40. The van der Waals surface area contributed by atoms with Gasteiger partial charge in [0.1, 0.15) is 6.61 Å². The van der Waals surface area contributed by atoms with Crippen LogP contribution in [0.3, 0.4) is 0 Å². The fraction of sp³-hybridized carbons (Fsp3) is 0.316. The first-order valence-corrected chi connectivity index (χ1v) is 8.22. The summed E-state index contributed by atoms with van der Waals surface area (Å²) in [7, 11) is 0. The van der Waals surface area contributed by atoms with Crippen LogP contribution in [0, 0.1) is 31.3 Å². The Morgan fingerprint density at radius 1 is 1.12 bits per heavy atom. The molecule has 0 saturated carbocycles. The molecule has 0 aliphatic rings. The molecule has 2 N–H and O–H groups in total. The van der Waals surface area contributed by atoms with Crippen LogP contribution < -0.4 is 5.32 Å². The Balaban J connectivity index is 0.00000163. The third-order valence-corrected chi connectivity index (χ3v) is 3.28. The highest BCUT2D eigenvalue weighted by Crippen LogP contribution is 2.29. The highest BCUT2D eigenvalue weighted by molar-refractivity contribution is 5.89. The lowest BCUT2D eigenvalue weighted by molar-refractivity contribution is 0.0997. The smallest absolute Gasteiger partial charge is 0.196 e. The van der Waals surface area contributed by atoms with Crippen molar-refractivity contribution in [1.29, 1.82) is 0 Å². The molecule has 7 heteroatoms. The van der Waals surface area contributed by atoms with E-state index in [2.05, 4.69) is 10.5 Å². The van der Waals surface area contributed by atoms with Gasteiger partial charge in [-0.2, -0.15) is 0 Å². The normalized spacial score (nSPS) is 10.5. The molecule has 2 aromatic rings. The monoisotopic (exact) mass is 368 g/mol. The number of aliphatic hydroxyl groups excluding tert-OH is 1. The molecule has 0 aliphatic carbocycles. The summed E-state index contributed by atoms with van der Waals surface area (Å²) in [6, 6.07) is 6.22. The number of hydrogen-bond donors (Lipinski definition) is 2. The van der Waals surface area contributed by atoms with E-state index in [9.17, 15) is 13.2 Å². The lowest BCUT2D eigenvalue weighted by Crippen LogP contribution is -2.05. The van der Waals surface area contributed by atoms with Gasteiger partial charge in [0.2, 0.25) is 0 Å². The number of rotatable bonds is 6. The number of oxime groups is 1. The van der Waals surface area contributed by atoms with Gasteiger partial charge in [0.15, 0.2) is 17.5 Å². The van der Waals surface area contributed by atoms with Crippen LogP contribution in [0.4, 0.5) is 24.5 Å². The molecule has 0 radical (unpaired) electrons. The van der Waals surface area contributed by atoms with Crippen LogP contribution in [0.15, 0.2) is 29.4 Å². The highest BCUT2D eigenvalue weighted by atomic mass is 19.2. The average Bonchev–Trinajstić information content (AvgIpc) is 2.63. The summed E-state index contributed by atoms with van der Waals surface area (Å²) in [4.78, 5) is 4.69. The van der Waals surface area contributed by atoms with Gasteiger partial charge in [-0.15, -0.1) is 0 Å². The van der Waals surface area contributed by atoms with Crippen molar-refractivity contribution in [3.05, 3.63) is 58.4 Å². The molecule has 0 spiro atoms. The van der Waals surface area contributed by atoms with Crippen molar-refractivity contribution in [1.82, 2.24) is 0 Å². The van der Waals surface area contributed by atoms with Gasteiger partial charge < -0.3 is 15.3 Å². The minimum atomic E-state index is -1.57. The maximum Gasteiger partial charge on any atom is 0.196 e. The minimum Gasteiger partial charge on any atom is -0.393 e. The molecule has 0 bridgehead atoms. The van der Waals surface area contributed by atoms with E-state index in [0.29, 0.717) is 5.69 Å². The van der Waals surface area contributed by atoms with Crippen LogP contribution in [0.2, 0.25) is 0 Å². The molecule has 0 aliphatic heterocycles. The molecule has 2 aromatic carbocycles. The quantitative estimate of drug-likeness (QED) is 0.332. The molecule has 0 atom stereocenters. The van der Waals surface area contributed by atoms with Crippen LogP contribution in [-0.4, -0.2) is 24.5 Å². The molecular formula is C19H23F3N2O2. The summed E-state index contributed by atoms with van der Waals surface area (Å²) >= 11 is 0. The predicted octanol–water partition coefficient (Wildman–Crippen LogP) is 4.83. The van der Waals surface area contributed by atoms with Crippen molar-refractivity contribution in [3.63, 3.8) is 0 Å². The van der Waals surface area contributed by atoms with E-state index in [1.807, 2.05) is 39.8 Å². The van der Waals surface area contributed by atoms with E-state index in [1.165, 1.54) is 0 Å². The van der Waals surface area contributed by atoms with Gasteiger partial charge in [-0.25, -0.2) is 13.2 Å². The standard InChI is InChI=1S/C17H17F3N2O2.C2H6/c1-10-3-4-14(11(2)7-10)22-17-12(9-21-24-6-5-23)8-13(18)15(19)16(17)20;1-2/h3-4,7-9,22-23H,5-6H2,1-2H3;1-2H3/b21-9+;. The third-order valence-electron chi connectivity index (χ3n) is 3.28. The van der Waals surface area contributed by atoms with Crippen molar-refractivity contribution < 1.29 is 23.1 Å². The molecule has 0 amide bonds. The van der Waals surface area contributed by atoms with Crippen molar-refractivity contribution in [2.45, 2.75) is 27.7 Å². The van der Waals surface area contributed by atoms with Gasteiger partial charge >= 0.3 is 0 Å². The van der Waals surface area contributed by atoms with E-state index in [1.54, 1.807) is 6.07 Å². The van der Waals surface area contributed by atoms with Gasteiger partial charge in [0, 0.05) is 11.3 Å². The van der Waals surface area contributed by atoms with E-state index in [-0.39, 0.29) is 24.5 Å². The molecule has 0 unspecified atom stereocenters. The first-order chi connectivity index (χ1) is 12.4. The van der Waals surface area contributed by atoms with E-state index in [4.69, 9.17) is 9.94 Å². The topological polar surface area (TPSA) is 53.9 Å². The second-order valence-electron chi connectivity index (χ2n) is 5.19. The second-order valence-corrected chi connectivity index (χ2v) is 5.19.